The molecule has 2 atom stereocenters. The fourth-order valence-corrected chi connectivity index (χ4v) is 1.95. The van der Waals surface area contributed by atoms with Gasteiger partial charge in [-0.1, -0.05) is 37.3 Å². The van der Waals surface area contributed by atoms with E-state index in [0.29, 0.717) is 16.9 Å². The second-order valence-electron chi connectivity index (χ2n) is 4.84. The van der Waals surface area contributed by atoms with Gasteiger partial charge in [0.25, 0.3) is 0 Å². The van der Waals surface area contributed by atoms with Crippen LogP contribution in [0.1, 0.15) is 31.4 Å². The van der Waals surface area contributed by atoms with E-state index in [1.54, 1.807) is 37.3 Å². The van der Waals surface area contributed by atoms with Crippen LogP contribution >= 0.6 is 0 Å². The number of aliphatic carboxylic acids is 1. The summed E-state index contributed by atoms with van der Waals surface area (Å²) in [5, 5.41) is 19.0. The molecule has 0 fully saturated rings. The van der Waals surface area contributed by atoms with Gasteiger partial charge in [0.1, 0.15) is 18.7 Å². The predicted molar refractivity (Wildman–Crippen MR) is 78.6 cm³/mol. The summed E-state index contributed by atoms with van der Waals surface area (Å²) < 4.78 is 0. The van der Waals surface area contributed by atoms with Crippen molar-refractivity contribution in [2.75, 3.05) is 6.54 Å². The van der Waals surface area contributed by atoms with E-state index in [0.717, 1.165) is 0 Å². The van der Waals surface area contributed by atoms with Gasteiger partial charge < -0.3 is 15.9 Å². The van der Waals surface area contributed by atoms with Crippen molar-refractivity contribution < 1.29 is 24.6 Å². The van der Waals surface area contributed by atoms with Crippen LogP contribution in [0.25, 0.3) is 0 Å². The van der Waals surface area contributed by atoms with Crippen molar-refractivity contribution in [3.63, 3.8) is 0 Å². The Morgan fingerprint density at radius 3 is 2.32 bits per heavy atom. The lowest BCUT2D eigenvalue weighted by Crippen LogP contribution is -2.51. The first-order valence-electron chi connectivity index (χ1n) is 6.93. The molecule has 0 saturated heterocycles. The van der Waals surface area contributed by atoms with Crippen LogP contribution in [-0.4, -0.2) is 45.5 Å². The highest BCUT2D eigenvalue weighted by Gasteiger charge is 2.32. The number of aliphatic hydroxyl groups excluding tert-OH is 1. The summed E-state index contributed by atoms with van der Waals surface area (Å²) in [6.45, 7) is 0.965. The third-order valence-corrected chi connectivity index (χ3v) is 3.09. The van der Waals surface area contributed by atoms with Gasteiger partial charge in [-0.05, 0) is 12.0 Å². The minimum atomic E-state index is -1.41. The quantitative estimate of drug-likeness (QED) is 0.665. The fourth-order valence-electron chi connectivity index (χ4n) is 1.95. The summed E-state index contributed by atoms with van der Waals surface area (Å²) in [6, 6.07) is 6.86. The number of benzene rings is 1. The van der Waals surface area contributed by atoms with Crippen LogP contribution in [0.4, 0.5) is 0 Å². The van der Waals surface area contributed by atoms with Crippen LogP contribution in [0.5, 0.6) is 0 Å². The Balaban J connectivity index is 2.92. The number of imide groups is 1. The van der Waals surface area contributed by atoms with Gasteiger partial charge in [-0.15, -0.1) is 0 Å². The first-order valence-corrected chi connectivity index (χ1v) is 6.93. The molecule has 2 unspecified atom stereocenters. The summed E-state index contributed by atoms with van der Waals surface area (Å²) in [6.07, 6.45) is -0.814. The minimum absolute atomic E-state index is 0.0349. The van der Waals surface area contributed by atoms with Crippen molar-refractivity contribution in [1.82, 2.24) is 4.90 Å². The molecule has 1 aromatic rings. The van der Waals surface area contributed by atoms with E-state index in [4.69, 9.17) is 10.8 Å². The molecule has 7 nitrogen and oxygen atoms in total. The second kappa shape index (κ2) is 8.26. The monoisotopic (exact) mass is 308 g/mol. The topological polar surface area (TPSA) is 121 Å². The molecule has 0 aliphatic rings. The summed E-state index contributed by atoms with van der Waals surface area (Å²) in [5.74, 6) is -2.85. The number of rotatable bonds is 7. The third kappa shape index (κ3) is 4.64. The van der Waals surface area contributed by atoms with Gasteiger partial charge >= 0.3 is 5.97 Å². The number of nitrogens with zero attached hydrogens (tertiary/aromatic N) is 1. The fraction of sp³-hybridized carbons (Fsp3) is 0.400. The lowest BCUT2D eigenvalue weighted by molar-refractivity contribution is -0.154. The number of carbonyl (C=O) groups excluding carboxylic acids is 2. The smallest absolute Gasteiger partial charge is 0.323 e. The van der Waals surface area contributed by atoms with E-state index in [1.165, 1.54) is 0 Å². The highest BCUT2D eigenvalue weighted by molar-refractivity contribution is 6.00. The Hall–Kier alpha value is -2.25. The molecule has 1 rings (SSSR count). The molecule has 4 N–H and O–H groups in total. The lowest BCUT2D eigenvalue weighted by atomic mass is 10.0. The highest BCUT2D eigenvalue weighted by Crippen LogP contribution is 2.17. The van der Waals surface area contributed by atoms with E-state index < -0.39 is 36.5 Å². The molecule has 0 heterocycles. The molecule has 0 aliphatic heterocycles. The number of hydrogen-bond acceptors (Lipinski definition) is 5. The van der Waals surface area contributed by atoms with E-state index in [9.17, 15) is 19.5 Å². The molecule has 0 radical (unpaired) electrons. The maximum Gasteiger partial charge on any atom is 0.323 e. The molecule has 0 spiro atoms. The molecule has 7 heteroatoms. The third-order valence-electron chi connectivity index (χ3n) is 3.09. The van der Waals surface area contributed by atoms with Crippen molar-refractivity contribution >= 4 is 17.8 Å². The van der Waals surface area contributed by atoms with Crippen LogP contribution in [0, 0.1) is 0 Å². The molecule has 0 saturated carbocycles. The summed E-state index contributed by atoms with van der Waals surface area (Å²) in [7, 11) is 0. The predicted octanol–water partition coefficient (Wildman–Crippen LogP) is 0.287. The normalized spacial score (nSPS) is 13.2. The molecule has 1 aromatic carbocycles. The first-order chi connectivity index (χ1) is 10.4. The van der Waals surface area contributed by atoms with Crippen molar-refractivity contribution in [3.8, 4) is 0 Å². The number of carboxylic acids is 1. The van der Waals surface area contributed by atoms with Gasteiger partial charge in [0.15, 0.2) is 0 Å². The molecule has 2 amide bonds. The summed E-state index contributed by atoms with van der Waals surface area (Å²) >= 11 is 0. The Kier molecular flexibility index (Phi) is 6.68. The Labute approximate surface area is 128 Å². The van der Waals surface area contributed by atoms with Crippen LogP contribution < -0.4 is 5.73 Å². The zero-order valence-corrected chi connectivity index (χ0v) is 12.3. The average molecular weight is 308 g/mol. The number of nitrogens with two attached hydrogens (primary N) is 1. The van der Waals surface area contributed by atoms with Gasteiger partial charge in [-0.2, -0.15) is 0 Å². The van der Waals surface area contributed by atoms with Gasteiger partial charge in [-0.25, -0.2) is 0 Å². The highest BCUT2D eigenvalue weighted by atomic mass is 16.4. The molecule has 0 bridgehead atoms. The van der Waals surface area contributed by atoms with Crippen LogP contribution in [-0.2, 0) is 14.4 Å². The van der Waals surface area contributed by atoms with Crippen molar-refractivity contribution in [3.05, 3.63) is 35.9 Å². The summed E-state index contributed by atoms with van der Waals surface area (Å²) in [4.78, 5) is 35.6. The van der Waals surface area contributed by atoms with Gasteiger partial charge in [0, 0.05) is 6.42 Å². The average Bonchev–Trinajstić information content (AvgIpc) is 2.51. The van der Waals surface area contributed by atoms with Crippen molar-refractivity contribution in [2.45, 2.75) is 31.9 Å². The maximum absolute atomic E-state index is 12.3. The van der Waals surface area contributed by atoms with Gasteiger partial charge in [-0.3, -0.25) is 19.3 Å². The van der Waals surface area contributed by atoms with Gasteiger partial charge in [0.05, 0.1) is 0 Å². The lowest BCUT2D eigenvalue weighted by Gasteiger charge is -2.25. The molecular weight excluding hydrogens is 288 g/mol. The van der Waals surface area contributed by atoms with Crippen LogP contribution in [0.3, 0.4) is 0 Å². The summed E-state index contributed by atoms with van der Waals surface area (Å²) in [5.41, 5.74) is 6.14. The SMILES string of the molecule is CCCC(=O)N(CC(=O)O)C(=O)C(N)C(O)c1ccccc1. The molecular formula is C15H20N2O5. The van der Waals surface area contributed by atoms with Crippen molar-refractivity contribution in [2.24, 2.45) is 5.73 Å². The number of amides is 2. The van der Waals surface area contributed by atoms with Crippen molar-refractivity contribution in [1.29, 1.82) is 0 Å². The van der Waals surface area contributed by atoms with E-state index in [-0.39, 0.29) is 6.42 Å². The zero-order valence-electron chi connectivity index (χ0n) is 12.3. The standard InChI is InChI=1S/C15H20N2O5/c1-2-6-11(18)17(9-12(19)20)15(22)13(16)14(21)10-7-4-3-5-8-10/h3-5,7-8,13-14,21H,2,6,9,16H2,1H3,(H,19,20). The number of carboxylic acid groups (broad SMARTS) is 1. The minimum Gasteiger partial charge on any atom is -0.480 e. The van der Waals surface area contributed by atoms with Crippen LogP contribution in [0.15, 0.2) is 30.3 Å². The molecule has 0 aromatic heterocycles. The van der Waals surface area contributed by atoms with Gasteiger partial charge in [0.2, 0.25) is 11.8 Å². The van der Waals surface area contributed by atoms with E-state index in [1.807, 2.05) is 0 Å². The van der Waals surface area contributed by atoms with Crippen LogP contribution in [0.2, 0.25) is 0 Å². The Bertz CT molecular complexity index is 532. The largest absolute Gasteiger partial charge is 0.480 e. The molecule has 120 valence electrons. The second-order valence-corrected chi connectivity index (χ2v) is 4.84. The molecule has 22 heavy (non-hydrogen) atoms. The number of aliphatic hydroxyl groups is 1. The number of hydrogen-bond donors (Lipinski definition) is 3. The Morgan fingerprint density at radius 1 is 1.23 bits per heavy atom. The molecule has 0 aliphatic carbocycles. The van der Waals surface area contributed by atoms with E-state index >= 15 is 0 Å². The zero-order chi connectivity index (χ0) is 16.7. The van der Waals surface area contributed by atoms with E-state index in [2.05, 4.69) is 0 Å². The Morgan fingerprint density at radius 2 is 1.82 bits per heavy atom. The number of carbonyl (C=O) groups is 3. The maximum atomic E-state index is 12.3. The first kappa shape index (κ1) is 17.8.